The maximum absolute atomic E-state index is 10.1. The van der Waals surface area contributed by atoms with Gasteiger partial charge in [-0.2, -0.15) is 5.06 Å². The van der Waals surface area contributed by atoms with Gasteiger partial charge in [0.25, 0.3) is 0 Å². The molecule has 1 saturated heterocycles. The number of hydroxylamine groups is 2. The number of quaternary nitrogens is 1. The van der Waals surface area contributed by atoms with E-state index in [-0.39, 0.29) is 17.2 Å². The van der Waals surface area contributed by atoms with Crippen molar-refractivity contribution in [2.75, 3.05) is 0 Å². The SMILES string of the molecule is CC1(C)CC(O)CC(C)(C)[NH+]1O.O=C([O-])CC(O)(CC(=O)[O-])C(=O)[O-]. The molecule has 0 amide bonds. The molecule has 0 aromatic carbocycles. The van der Waals surface area contributed by atoms with Gasteiger partial charge >= 0.3 is 0 Å². The summed E-state index contributed by atoms with van der Waals surface area (Å²) in [5.41, 5.74) is -3.44. The number of hydrogen-bond acceptors (Lipinski definition) is 9. The average Bonchev–Trinajstić information content (AvgIpc) is 2.33. The van der Waals surface area contributed by atoms with E-state index >= 15 is 0 Å². The van der Waals surface area contributed by atoms with E-state index in [1.54, 1.807) is 0 Å². The van der Waals surface area contributed by atoms with E-state index in [0.29, 0.717) is 17.9 Å². The molecule has 4 N–H and O–H groups in total. The number of nitrogens with one attached hydrogen (secondary N) is 1. The number of carboxylic acids is 3. The highest BCUT2D eigenvalue weighted by Gasteiger charge is 2.49. The number of rotatable bonds is 5. The first-order valence-corrected chi connectivity index (χ1v) is 7.62. The fourth-order valence-corrected chi connectivity index (χ4v) is 3.04. The lowest BCUT2D eigenvalue weighted by atomic mass is 9.80. The van der Waals surface area contributed by atoms with Crippen molar-refractivity contribution in [1.29, 1.82) is 0 Å². The molecule has 0 saturated carbocycles. The number of piperidine rings is 1. The van der Waals surface area contributed by atoms with Crippen LogP contribution in [0.15, 0.2) is 0 Å². The van der Waals surface area contributed by atoms with E-state index in [0.717, 1.165) is 0 Å². The maximum atomic E-state index is 10.1. The van der Waals surface area contributed by atoms with Crippen LogP contribution in [0.2, 0.25) is 0 Å². The van der Waals surface area contributed by atoms with Gasteiger partial charge in [-0.15, -0.1) is 0 Å². The summed E-state index contributed by atoms with van der Waals surface area (Å²) in [4.78, 5) is 30.0. The first-order chi connectivity index (χ1) is 11.0. The fourth-order valence-electron chi connectivity index (χ4n) is 3.04. The van der Waals surface area contributed by atoms with Crippen LogP contribution in [-0.2, 0) is 14.4 Å². The van der Waals surface area contributed by atoms with Gasteiger partial charge in [0.05, 0.1) is 12.1 Å². The second kappa shape index (κ2) is 8.09. The third-order valence-electron chi connectivity index (χ3n) is 4.03. The van der Waals surface area contributed by atoms with Crippen LogP contribution >= 0.6 is 0 Å². The lowest BCUT2D eigenvalue weighted by Gasteiger charge is -2.45. The molecule has 10 nitrogen and oxygen atoms in total. The second-order valence-corrected chi connectivity index (χ2v) is 7.60. The van der Waals surface area contributed by atoms with Gasteiger partial charge in [-0.1, -0.05) is 0 Å². The topological polar surface area (TPSA) is 186 Å². The Balaban J connectivity index is 0.000000462. The Kier molecular flexibility index (Phi) is 7.52. The van der Waals surface area contributed by atoms with Gasteiger partial charge in [0, 0.05) is 37.6 Å². The van der Waals surface area contributed by atoms with Crippen LogP contribution in [0.4, 0.5) is 0 Å². The summed E-state index contributed by atoms with van der Waals surface area (Å²) in [5, 5.41) is 58.9. The summed E-state index contributed by atoms with van der Waals surface area (Å²) in [7, 11) is 0. The number of carboxylic acid groups (broad SMARTS) is 3. The Labute approximate surface area is 145 Å². The van der Waals surface area contributed by atoms with Crippen LogP contribution in [0, 0.1) is 0 Å². The largest absolute Gasteiger partial charge is 0.550 e. The summed E-state index contributed by atoms with van der Waals surface area (Å²) in [5.74, 6) is -5.98. The zero-order chi connectivity index (χ0) is 20.2. The van der Waals surface area contributed by atoms with Crippen molar-refractivity contribution in [2.45, 2.75) is 76.2 Å². The molecular weight excluding hydrogens is 338 g/mol. The number of aliphatic hydroxyl groups is 2. The monoisotopic (exact) mass is 363 g/mol. The third kappa shape index (κ3) is 6.94. The van der Waals surface area contributed by atoms with Gasteiger partial charge in [-0.3, -0.25) is 0 Å². The van der Waals surface area contributed by atoms with Crippen molar-refractivity contribution < 1.29 is 50.2 Å². The molecule has 1 fully saturated rings. The zero-order valence-corrected chi connectivity index (χ0v) is 14.7. The molecule has 0 radical (unpaired) electrons. The van der Waals surface area contributed by atoms with Gasteiger partial charge in [0.1, 0.15) is 16.7 Å². The molecule has 25 heavy (non-hydrogen) atoms. The molecule has 1 heterocycles. The molecule has 0 aliphatic carbocycles. The van der Waals surface area contributed by atoms with Crippen LogP contribution in [0.5, 0.6) is 0 Å². The molecule has 0 aromatic heterocycles. The molecule has 10 heteroatoms. The van der Waals surface area contributed by atoms with Crippen molar-refractivity contribution in [3.05, 3.63) is 0 Å². The van der Waals surface area contributed by atoms with Gasteiger partial charge in [-0.05, 0) is 27.7 Å². The summed E-state index contributed by atoms with van der Waals surface area (Å²) >= 11 is 0. The lowest BCUT2D eigenvalue weighted by molar-refractivity contribution is -1.16. The van der Waals surface area contributed by atoms with Crippen LogP contribution in [0.1, 0.15) is 53.4 Å². The Hall–Kier alpha value is -1.75. The van der Waals surface area contributed by atoms with Crippen molar-refractivity contribution in [3.8, 4) is 0 Å². The van der Waals surface area contributed by atoms with E-state index in [2.05, 4.69) is 0 Å². The lowest BCUT2D eigenvalue weighted by Crippen LogP contribution is -3.25. The second-order valence-electron chi connectivity index (χ2n) is 7.60. The first kappa shape index (κ1) is 23.2. The van der Waals surface area contributed by atoms with Crippen molar-refractivity contribution in [2.24, 2.45) is 0 Å². The summed E-state index contributed by atoms with van der Waals surface area (Å²) in [6.45, 7) is 7.91. The molecule has 0 atom stereocenters. The quantitative estimate of drug-likeness (QED) is 0.370. The van der Waals surface area contributed by atoms with Crippen LogP contribution in [0.25, 0.3) is 0 Å². The minimum Gasteiger partial charge on any atom is -0.550 e. The molecule has 1 rings (SSSR count). The van der Waals surface area contributed by atoms with Crippen molar-refractivity contribution in [1.82, 2.24) is 0 Å². The van der Waals surface area contributed by atoms with Gasteiger partial charge in [0.15, 0.2) is 0 Å². The molecule has 0 aromatic rings. The molecule has 0 unspecified atom stereocenters. The van der Waals surface area contributed by atoms with Crippen LogP contribution in [-0.4, -0.2) is 56.1 Å². The van der Waals surface area contributed by atoms with Crippen molar-refractivity contribution >= 4 is 17.9 Å². The maximum Gasteiger partial charge on any atom is 0.124 e. The smallest absolute Gasteiger partial charge is 0.124 e. The van der Waals surface area contributed by atoms with E-state index in [1.807, 2.05) is 27.7 Å². The van der Waals surface area contributed by atoms with Gasteiger partial charge in [0.2, 0.25) is 0 Å². The number of carbonyl (C=O) groups excluding carboxylic acids is 3. The summed E-state index contributed by atoms with van der Waals surface area (Å²) in [6.07, 6.45) is -1.65. The Bertz CT molecular complexity index is 481. The zero-order valence-electron chi connectivity index (χ0n) is 14.7. The Morgan fingerprint density at radius 1 is 1.00 bits per heavy atom. The highest BCUT2D eigenvalue weighted by Crippen LogP contribution is 2.22. The first-order valence-electron chi connectivity index (χ1n) is 7.62. The number of carbonyl (C=O) groups is 3. The van der Waals surface area contributed by atoms with Crippen LogP contribution in [0.3, 0.4) is 0 Å². The number of aliphatic carboxylic acids is 3. The van der Waals surface area contributed by atoms with E-state index in [9.17, 15) is 40.0 Å². The fraction of sp³-hybridized carbons (Fsp3) is 0.800. The Morgan fingerprint density at radius 2 is 1.32 bits per heavy atom. The van der Waals surface area contributed by atoms with E-state index in [1.165, 1.54) is 0 Å². The highest BCUT2D eigenvalue weighted by molar-refractivity contribution is 5.86. The Morgan fingerprint density at radius 3 is 1.56 bits per heavy atom. The average molecular weight is 363 g/mol. The molecule has 0 bridgehead atoms. The number of hydrogen-bond donors (Lipinski definition) is 4. The van der Waals surface area contributed by atoms with Gasteiger partial charge in [-0.25, -0.2) is 5.21 Å². The standard InChI is InChI=1S/C9H19NO2.C6H8O7/c1-8(2)5-7(11)6-9(3,4)10(8)12;7-3(8)1-6(13,5(11)12)2-4(9)10/h7,11-12H,5-6H2,1-4H3;13H,1-2H2,(H,7,8)(H,9,10)(H,11,12)/p-2. The van der Waals surface area contributed by atoms with Crippen LogP contribution < -0.4 is 20.4 Å². The number of aliphatic hydroxyl groups excluding tert-OH is 1. The highest BCUT2D eigenvalue weighted by atomic mass is 16.5. The normalized spacial score (nSPS) is 24.6. The van der Waals surface area contributed by atoms with E-state index in [4.69, 9.17) is 5.11 Å². The van der Waals surface area contributed by atoms with E-state index < -0.39 is 36.4 Å². The third-order valence-corrected chi connectivity index (χ3v) is 4.03. The summed E-state index contributed by atoms with van der Waals surface area (Å²) < 4.78 is 0. The molecule has 146 valence electrons. The summed E-state index contributed by atoms with van der Waals surface area (Å²) in [6, 6.07) is 0. The minimum atomic E-state index is -2.97. The molecule has 0 spiro atoms. The minimum absolute atomic E-state index is 0.235. The molecule has 1 aliphatic rings. The van der Waals surface area contributed by atoms with Gasteiger partial charge < -0.3 is 39.9 Å². The molecule has 1 aliphatic heterocycles. The predicted molar refractivity (Wildman–Crippen MR) is 75.4 cm³/mol. The predicted octanol–water partition coefficient (Wildman–Crippen LogP) is -5.28. The molecular formula is C15H25NO9-2. The van der Waals surface area contributed by atoms with Crippen molar-refractivity contribution in [3.63, 3.8) is 0 Å².